The van der Waals surface area contributed by atoms with Gasteiger partial charge in [0.15, 0.2) is 5.82 Å². The van der Waals surface area contributed by atoms with Crippen molar-refractivity contribution in [2.24, 2.45) is 0 Å². The van der Waals surface area contributed by atoms with Crippen molar-refractivity contribution in [1.29, 1.82) is 0 Å². The Morgan fingerprint density at radius 1 is 0.969 bits per heavy atom. The van der Waals surface area contributed by atoms with Crippen LogP contribution in [0.25, 0.3) is 17.2 Å². The summed E-state index contributed by atoms with van der Waals surface area (Å²) < 4.78 is 29.4. The number of aromatic nitrogens is 5. The van der Waals surface area contributed by atoms with E-state index in [1.165, 1.54) is 18.2 Å². The van der Waals surface area contributed by atoms with E-state index in [4.69, 9.17) is 0 Å². The average molecular weight is 432 g/mol. The number of carbonyl (C=O) groups excluding carboxylic acids is 1. The number of halogens is 2. The Balaban J connectivity index is 1.39. The highest BCUT2D eigenvalue weighted by Crippen LogP contribution is 2.38. The third-order valence-corrected chi connectivity index (χ3v) is 5.47. The van der Waals surface area contributed by atoms with E-state index in [9.17, 15) is 13.6 Å². The molecule has 1 amide bonds. The van der Waals surface area contributed by atoms with Crippen LogP contribution in [0.1, 0.15) is 35.1 Å². The number of benzene rings is 1. The van der Waals surface area contributed by atoms with Crippen molar-refractivity contribution in [2.75, 3.05) is 0 Å². The number of nitrogens with zero attached hydrogens (tertiary/aromatic N) is 5. The molecule has 9 heteroatoms. The number of hydrogen-bond donors (Lipinski definition) is 1. The Hall–Kier alpha value is -4.01. The van der Waals surface area contributed by atoms with Crippen LogP contribution in [0.3, 0.4) is 0 Å². The third-order valence-electron chi connectivity index (χ3n) is 5.47. The molecule has 5 rings (SSSR count). The molecule has 160 valence electrons. The van der Waals surface area contributed by atoms with Crippen molar-refractivity contribution in [3.05, 3.63) is 90.1 Å². The molecule has 3 aromatic heterocycles. The van der Waals surface area contributed by atoms with Gasteiger partial charge in [-0.3, -0.25) is 14.3 Å². The molecule has 0 spiro atoms. The molecule has 1 saturated carbocycles. The molecule has 1 N–H and O–H groups in total. The molecule has 4 aromatic rings. The van der Waals surface area contributed by atoms with E-state index < -0.39 is 11.6 Å². The van der Waals surface area contributed by atoms with Gasteiger partial charge in [0.2, 0.25) is 0 Å². The standard InChI is InChI=1S/C23H18F2N6O/c24-15-8-9-19(27-13-15)23(32)28-16-11-14(12-16)21-29-30-22(18-6-3-4-10-26-18)31(21)20-7-2-1-5-17(20)25/h1-10,13-14,16H,11-12H2,(H,28,32)/t14-,16-. The first-order chi connectivity index (χ1) is 15.6. The molecule has 1 aromatic carbocycles. The van der Waals surface area contributed by atoms with Gasteiger partial charge < -0.3 is 5.32 Å². The predicted molar refractivity (Wildman–Crippen MR) is 112 cm³/mol. The van der Waals surface area contributed by atoms with Gasteiger partial charge in [0.25, 0.3) is 5.91 Å². The van der Waals surface area contributed by atoms with E-state index in [1.807, 2.05) is 6.07 Å². The highest BCUT2D eigenvalue weighted by Gasteiger charge is 2.36. The van der Waals surface area contributed by atoms with E-state index in [2.05, 4.69) is 25.5 Å². The number of para-hydroxylation sites is 1. The largest absolute Gasteiger partial charge is 0.348 e. The number of carbonyl (C=O) groups is 1. The van der Waals surface area contributed by atoms with Gasteiger partial charge in [0, 0.05) is 18.2 Å². The summed E-state index contributed by atoms with van der Waals surface area (Å²) in [6.45, 7) is 0. The number of nitrogens with one attached hydrogen (secondary N) is 1. The van der Waals surface area contributed by atoms with Gasteiger partial charge in [-0.05, 0) is 49.2 Å². The number of hydrogen-bond acceptors (Lipinski definition) is 5. The van der Waals surface area contributed by atoms with Crippen LogP contribution in [-0.4, -0.2) is 36.7 Å². The molecule has 0 aliphatic heterocycles. The number of rotatable bonds is 5. The van der Waals surface area contributed by atoms with Crippen molar-refractivity contribution in [2.45, 2.75) is 24.8 Å². The van der Waals surface area contributed by atoms with Crippen molar-refractivity contribution in [3.63, 3.8) is 0 Å². The Kier molecular flexibility index (Phi) is 5.14. The third kappa shape index (κ3) is 3.73. The van der Waals surface area contributed by atoms with Crippen molar-refractivity contribution in [3.8, 4) is 17.2 Å². The van der Waals surface area contributed by atoms with Gasteiger partial charge in [-0.15, -0.1) is 10.2 Å². The fraction of sp³-hybridized carbons (Fsp3) is 0.174. The first kappa shape index (κ1) is 19.9. The molecule has 1 aliphatic rings. The molecular formula is C23H18F2N6O. The topological polar surface area (TPSA) is 85.6 Å². The maximum atomic E-state index is 14.7. The molecule has 0 unspecified atom stereocenters. The van der Waals surface area contributed by atoms with Crippen molar-refractivity contribution < 1.29 is 13.6 Å². The normalized spacial score (nSPS) is 17.6. The quantitative estimate of drug-likeness (QED) is 0.520. The molecular weight excluding hydrogens is 414 g/mol. The summed E-state index contributed by atoms with van der Waals surface area (Å²) in [4.78, 5) is 20.5. The second kappa shape index (κ2) is 8.26. The summed E-state index contributed by atoms with van der Waals surface area (Å²) in [5.41, 5.74) is 1.08. The van der Waals surface area contributed by atoms with Crippen molar-refractivity contribution >= 4 is 5.91 Å². The smallest absolute Gasteiger partial charge is 0.270 e. The summed E-state index contributed by atoms with van der Waals surface area (Å²) in [5.74, 6) is -0.210. The molecule has 32 heavy (non-hydrogen) atoms. The maximum Gasteiger partial charge on any atom is 0.270 e. The summed E-state index contributed by atoms with van der Waals surface area (Å²) in [7, 11) is 0. The molecule has 7 nitrogen and oxygen atoms in total. The Morgan fingerprint density at radius 2 is 1.78 bits per heavy atom. The van der Waals surface area contributed by atoms with Crippen LogP contribution in [0.4, 0.5) is 8.78 Å². The Morgan fingerprint density at radius 3 is 2.50 bits per heavy atom. The average Bonchev–Trinajstić information content (AvgIpc) is 3.21. The molecule has 0 atom stereocenters. The zero-order valence-electron chi connectivity index (χ0n) is 16.8. The van der Waals surface area contributed by atoms with Crippen LogP contribution in [0, 0.1) is 11.6 Å². The number of amides is 1. The lowest BCUT2D eigenvalue weighted by Gasteiger charge is -2.35. The molecule has 1 aliphatic carbocycles. The van der Waals surface area contributed by atoms with Crippen molar-refractivity contribution in [1.82, 2.24) is 30.0 Å². The summed E-state index contributed by atoms with van der Waals surface area (Å²) >= 11 is 0. The SMILES string of the molecule is O=C(N[C@H]1C[C@H](c2nnc(-c3ccccn3)n2-c2ccccc2F)C1)c1ccc(F)cn1. The van der Waals surface area contributed by atoms with Gasteiger partial charge in [-0.1, -0.05) is 18.2 Å². The minimum absolute atomic E-state index is 0.0222. The van der Waals surface area contributed by atoms with E-state index in [0.717, 1.165) is 6.20 Å². The van der Waals surface area contributed by atoms with E-state index in [1.54, 1.807) is 41.1 Å². The first-order valence-electron chi connectivity index (χ1n) is 10.1. The van der Waals surface area contributed by atoms with E-state index in [0.29, 0.717) is 35.9 Å². The predicted octanol–water partition coefficient (Wildman–Crippen LogP) is 3.68. The van der Waals surface area contributed by atoms with Crippen LogP contribution >= 0.6 is 0 Å². The zero-order valence-corrected chi connectivity index (χ0v) is 16.8. The molecule has 0 saturated heterocycles. The fourth-order valence-corrected chi connectivity index (χ4v) is 3.81. The first-order valence-corrected chi connectivity index (χ1v) is 10.1. The minimum atomic E-state index is -0.499. The van der Waals surface area contributed by atoms with Crippen LogP contribution in [0.5, 0.6) is 0 Å². The van der Waals surface area contributed by atoms with Gasteiger partial charge in [-0.2, -0.15) is 0 Å². The lowest BCUT2D eigenvalue weighted by Crippen LogP contribution is -2.44. The molecule has 1 fully saturated rings. The maximum absolute atomic E-state index is 14.7. The highest BCUT2D eigenvalue weighted by molar-refractivity contribution is 5.92. The summed E-state index contributed by atoms with van der Waals surface area (Å²) in [6.07, 6.45) is 3.88. The van der Waals surface area contributed by atoms with E-state index in [-0.39, 0.29) is 23.6 Å². The monoisotopic (exact) mass is 432 g/mol. The zero-order chi connectivity index (χ0) is 22.1. The second-order valence-corrected chi connectivity index (χ2v) is 7.58. The van der Waals surface area contributed by atoms with Crippen LogP contribution in [-0.2, 0) is 0 Å². The number of pyridine rings is 2. The summed E-state index contributed by atoms with van der Waals surface area (Å²) in [5, 5.41) is 11.5. The van der Waals surface area contributed by atoms with Gasteiger partial charge in [0.05, 0.1) is 11.9 Å². The fourth-order valence-electron chi connectivity index (χ4n) is 3.81. The lowest BCUT2D eigenvalue weighted by atomic mass is 9.79. The summed E-state index contributed by atoms with van der Waals surface area (Å²) in [6, 6.07) is 14.3. The Labute approximate surface area is 182 Å². The highest BCUT2D eigenvalue weighted by atomic mass is 19.1. The molecule has 3 heterocycles. The lowest BCUT2D eigenvalue weighted by molar-refractivity contribution is 0.0902. The van der Waals surface area contributed by atoms with Gasteiger partial charge in [-0.25, -0.2) is 13.8 Å². The van der Waals surface area contributed by atoms with E-state index >= 15 is 0 Å². The second-order valence-electron chi connectivity index (χ2n) is 7.58. The minimum Gasteiger partial charge on any atom is -0.348 e. The molecule has 0 radical (unpaired) electrons. The van der Waals surface area contributed by atoms with Crippen LogP contribution in [0.2, 0.25) is 0 Å². The van der Waals surface area contributed by atoms with Crippen LogP contribution in [0.15, 0.2) is 67.0 Å². The van der Waals surface area contributed by atoms with Gasteiger partial charge in [0.1, 0.15) is 28.8 Å². The molecule has 0 bridgehead atoms. The Bertz CT molecular complexity index is 1250. The van der Waals surface area contributed by atoms with Crippen LogP contribution < -0.4 is 5.32 Å². The van der Waals surface area contributed by atoms with Gasteiger partial charge >= 0.3 is 0 Å².